The van der Waals surface area contributed by atoms with Gasteiger partial charge in [0.25, 0.3) is 0 Å². The van der Waals surface area contributed by atoms with Gasteiger partial charge in [0.05, 0.1) is 0 Å². The van der Waals surface area contributed by atoms with Crippen LogP contribution in [0.5, 0.6) is 0 Å². The van der Waals surface area contributed by atoms with Gasteiger partial charge in [0, 0.05) is 24.7 Å². The van der Waals surface area contributed by atoms with Crippen LogP contribution in [0.1, 0.15) is 58.1 Å². The molecule has 1 aliphatic rings. The van der Waals surface area contributed by atoms with Crippen molar-refractivity contribution in [2.45, 2.75) is 58.5 Å². The van der Waals surface area contributed by atoms with Crippen LogP contribution in [0.4, 0.5) is 5.69 Å². The molecule has 3 atom stereocenters. The Balaban J connectivity index is 1.95. The van der Waals surface area contributed by atoms with Gasteiger partial charge in [0.2, 0.25) is 5.91 Å². The number of benzene rings is 1. The number of nitrogens with one attached hydrogen (secondary N) is 2. The third-order valence-corrected chi connectivity index (χ3v) is 4.31. The third kappa shape index (κ3) is 4.07. The van der Waals surface area contributed by atoms with Gasteiger partial charge in [-0.1, -0.05) is 25.5 Å². The van der Waals surface area contributed by atoms with Crippen molar-refractivity contribution in [1.29, 1.82) is 0 Å². The fraction of sp³-hybridized carbons (Fsp3) is 0.588. The second-order valence-electron chi connectivity index (χ2n) is 5.98. The molecule has 1 saturated carbocycles. The smallest absolute Gasteiger partial charge is 0.221 e. The van der Waals surface area contributed by atoms with E-state index in [-0.39, 0.29) is 5.91 Å². The lowest BCUT2D eigenvalue weighted by atomic mass is 10.0. The molecule has 3 unspecified atom stereocenters. The molecule has 1 fully saturated rings. The van der Waals surface area contributed by atoms with E-state index in [9.17, 15) is 4.79 Å². The molecular weight excluding hydrogens is 248 g/mol. The minimum Gasteiger partial charge on any atom is -0.326 e. The summed E-state index contributed by atoms with van der Waals surface area (Å²) < 4.78 is 0. The number of rotatable bonds is 5. The first kappa shape index (κ1) is 15.0. The summed E-state index contributed by atoms with van der Waals surface area (Å²) in [6, 6.07) is 9.08. The van der Waals surface area contributed by atoms with Crippen molar-refractivity contribution in [3.8, 4) is 0 Å². The Morgan fingerprint density at radius 3 is 2.85 bits per heavy atom. The van der Waals surface area contributed by atoms with Crippen LogP contribution in [-0.2, 0) is 4.79 Å². The first-order valence-corrected chi connectivity index (χ1v) is 7.72. The summed E-state index contributed by atoms with van der Waals surface area (Å²) in [5.41, 5.74) is 2.11. The van der Waals surface area contributed by atoms with E-state index in [0.29, 0.717) is 12.1 Å². The van der Waals surface area contributed by atoms with Gasteiger partial charge >= 0.3 is 0 Å². The molecule has 1 aromatic rings. The molecule has 0 spiro atoms. The van der Waals surface area contributed by atoms with Crippen LogP contribution in [0.2, 0.25) is 0 Å². The van der Waals surface area contributed by atoms with Crippen LogP contribution < -0.4 is 10.6 Å². The Labute approximate surface area is 122 Å². The molecule has 110 valence electrons. The topological polar surface area (TPSA) is 41.1 Å². The Kier molecular flexibility index (Phi) is 5.18. The van der Waals surface area contributed by atoms with Crippen molar-refractivity contribution in [3.05, 3.63) is 29.8 Å². The second-order valence-corrected chi connectivity index (χ2v) is 5.98. The monoisotopic (exact) mass is 274 g/mol. The lowest BCUT2D eigenvalue weighted by Gasteiger charge is -2.20. The van der Waals surface area contributed by atoms with Gasteiger partial charge in [0.1, 0.15) is 0 Å². The summed E-state index contributed by atoms with van der Waals surface area (Å²) in [5, 5.41) is 6.57. The Hall–Kier alpha value is -1.35. The molecule has 0 heterocycles. The maximum Gasteiger partial charge on any atom is 0.221 e. The van der Waals surface area contributed by atoms with Crippen molar-refractivity contribution in [3.63, 3.8) is 0 Å². The van der Waals surface area contributed by atoms with Crippen molar-refractivity contribution < 1.29 is 4.79 Å². The van der Waals surface area contributed by atoms with Gasteiger partial charge < -0.3 is 10.6 Å². The largest absolute Gasteiger partial charge is 0.326 e. The van der Waals surface area contributed by atoms with Crippen LogP contribution in [0.3, 0.4) is 0 Å². The average Bonchev–Trinajstić information content (AvgIpc) is 2.86. The molecule has 1 aromatic carbocycles. The van der Waals surface area contributed by atoms with E-state index in [0.717, 1.165) is 11.6 Å². The Bertz CT molecular complexity index is 458. The molecule has 3 nitrogen and oxygen atoms in total. The average molecular weight is 274 g/mol. The van der Waals surface area contributed by atoms with E-state index >= 15 is 0 Å². The van der Waals surface area contributed by atoms with E-state index in [4.69, 9.17) is 0 Å². The predicted octanol–water partition coefficient (Wildman–Crippen LogP) is 3.87. The molecule has 0 saturated heterocycles. The lowest BCUT2D eigenvalue weighted by molar-refractivity contribution is -0.114. The SMILES string of the molecule is CCC1CCC(NC(C)c2cccc(NC(C)=O)c2)C1. The zero-order valence-corrected chi connectivity index (χ0v) is 12.8. The minimum atomic E-state index is -0.0238. The number of amides is 1. The Morgan fingerprint density at radius 1 is 1.40 bits per heavy atom. The molecule has 3 heteroatoms. The van der Waals surface area contributed by atoms with Crippen molar-refractivity contribution in [1.82, 2.24) is 5.32 Å². The van der Waals surface area contributed by atoms with Crippen LogP contribution in [-0.4, -0.2) is 11.9 Å². The van der Waals surface area contributed by atoms with Gasteiger partial charge in [-0.3, -0.25) is 4.79 Å². The highest BCUT2D eigenvalue weighted by Gasteiger charge is 2.24. The normalized spacial score (nSPS) is 23.6. The molecule has 0 bridgehead atoms. The zero-order chi connectivity index (χ0) is 14.5. The molecule has 20 heavy (non-hydrogen) atoms. The van der Waals surface area contributed by atoms with Crippen LogP contribution in [0.15, 0.2) is 24.3 Å². The summed E-state index contributed by atoms with van der Waals surface area (Å²) in [6.07, 6.45) is 5.23. The van der Waals surface area contributed by atoms with Crippen LogP contribution in [0, 0.1) is 5.92 Å². The molecule has 1 amide bonds. The van der Waals surface area contributed by atoms with Crippen LogP contribution >= 0.6 is 0 Å². The van der Waals surface area contributed by atoms with Crippen molar-refractivity contribution in [2.24, 2.45) is 5.92 Å². The highest BCUT2D eigenvalue weighted by Crippen LogP contribution is 2.29. The zero-order valence-electron chi connectivity index (χ0n) is 12.8. The van der Waals surface area contributed by atoms with E-state index in [1.54, 1.807) is 0 Å². The van der Waals surface area contributed by atoms with Gasteiger partial charge in [-0.15, -0.1) is 0 Å². The highest BCUT2D eigenvalue weighted by atomic mass is 16.1. The standard InChI is InChI=1S/C17H26N2O/c1-4-14-8-9-17(10-14)18-12(2)15-6-5-7-16(11-15)19-13(3)20/h5-7,11-12,14,17-18H,4,8-10H2,1-3H3,(H,19,20). The molecule has 1 aliphatic carbocycles. The van der Waals surface area contributed by atoms with Crippen molar-refractivity contribution >= 4 is 11.6 Å². The highest BCUT2D eigenvalue weighted by molar-refractivity contribution is 5.88. The fourth-order valence-corrected chi connectivity index (χ4v) is 3.14. The number of carbonyl (C=O) groups excluding carboxylic acids is 1. The van der Waals surface area contributed by atoms with E-state index in [2.05, 4.69) is 36.6 Å². The minimum absolute atomic E-state index is 0.0238. The molecule has 2 N–H and O–H groups in total. The number of anilines is 1. The summed E-state index contributed by atoms with van der Waals surface area (Å²) >= 11 is 0. The summed E-state index contributed by atoms with van der Waals surface area (Å²) in [6.45, 7) is 6.03. The fourth-order valence-electron chi connectivity index (χ4n) is 3.14. The van der Waals surface area contributed by atoms with E-state index in [1.165, 1.54) is 38.2 Å². The number of hydrogen-bond acceptors (Lipinski definition) is 2. The molecule has 0 aliphatic heterocycles. The second kappa shape index (κ2) is 6.89. The summed E-state index contributed by atoms with van der Waals surface area (Å²) in [4.78, 5) is 11.1. The van der Waals surface area contributed by atoms with Gasteiger partial charge in [0.15, 0.2) is 0 Å². The number of hydrogen-bond donors (Lipinski definition) is 2. The van der Waals surface area contributed by atoms with Gasteiger partial charge in [-0.25, -0.2) is 0 Å². The van der Waals surface area contributed by atoms with E-state index < -0.39 is 0 Å². The quantitative estimate of drug-likeness (QED) is 0.855. The van der Waals surface area contributed by atoms with E-state index in [1.807, 2.05) is 12.1 Å². The van der Waals surface area contributed by atoms with Gasteiger partial charge in [-0.05, 0) is 49.8 Å². The maximum absolute atomic E-state index is 11.1. The predicted molar refractivity (Wildman–Crippen MR) is 83.7 cm³/mol. The first-order valence-electron chi connectivity index (χ1n) is 7.72. The lowest BCUT2D eigenvalue weighted by Crippen LogP contribution is -2.29. The molecule has 0 aromatic heterocycles. The van der Waals surface area contributed by atoms with Crippen molar-refractivity contribution in [2.75, 3.05) is 5.32 Å². The number of carbonyl (C=O) groups is 1. The van der Waals surface area contributed by atoms with Crippen LogP contribution in [0.25, 0.3) is 0 Å². The first-order chi connectivity index (χ1) is 9.58. The Morgan fingerprint density at radius 2 is 2.20 bits per heavy atom. The molecular formula is C17H26N2O. The molecule has 0 radical (unpaired) electrons. The summed E-state index contributed by atoms with van der Waals surface area (Å²) in [5.74, 6) is 0.870. The molecule has 2 rings (SSSR count). The maximum atomic E-state index is 11.1. The summed E-state index contributed by atoms with van der Waals surface area (Å²) in [7, 11) is 0. The van der Waals surface area contributed by atoms with Gasteiger partial charge in [-0.2, -0.15) is 0 Å². The third-order valence-electron chi connectivity index (χ3n) is 4.31.